The molecule has 0 saturated carbocycles. The molecule has 1 aromatic rings. The Bertz CT molecular complexity index is 474. The fourth-order valence-electron chi connectivity index (χ4n) is 2.03. The van der Waals surface area contributed by atoms with Crippen molar-refractivity contribution in [3.8, 4) is 17.2 Å². The largest absolute Gasteiger partial charge is 1.00 e. The Morgan fingerprint density at radius 2 is 1.52 bits per heavy atom. The molecular formula is C15H21NaO5. The predicted octanol–water partition coefficient (Wildman–Crippen LogP) is -1.19. The summed E-state index contributed by atoms with van der Waals surface area (Å²) in [4.78, 5) is 11.3. The number of hydrogen-bond donors (Lipinski definition) is 0. The minimum Gasteiger partial charge on any atom is -0.545 e. The van der Waals surface area contributed by atoms with E-state index in [0.29, 0.717) is 49.1 Å². The molecule has 0 aliphatic carbocycles. The Morgan fingerprint density at radius 1 is 1.00 bits per heavy atom. The van der Waals surface area contributed by atoms with E-state index in [9.17, 15) is 9.90 Å². The van der Waals surface area contributed by atoms with Gasteiger partial charge in [0.25, 0.3) is 0 Å². The van der Waals surface area contributed by atoms with Gasteiger partial charge in [-0.3, -0.25) is 0 Å². The average Bonchev–Trinajstić information content (AvgIpc) is 2.42. The molecule has 0 N–H and O–H groups in total. The van der Waals surface area contributed by atoms with E-state index < -0.39 is 5.97 Å². The van der Waals surface area contributed by atoms with Gasteiger partial charge in [0, 0.05) is 11.1 Å². The minimum absolute atomic E-state index is 0. The Morgan fingerprint density at radius 3 is 1.95 bits per heavy atom. The Kier molecular flexibility index (Phi) is 9.49. The molecule has 0 aliphatic rings. The van der Waals surface area contributed by atoms with E-state index in [-0.39, 0.29) is 35.1 Å². The van der Waals surface area contributed by atoms with Gasteiger partial charge in [0.05, 0.1) is 25.8 Å². The maximum absolute atomic E-state index is 11.3. The third-order valence-corrected chi connectivity index (χ3v) is 2.76. The second-order valence-corrected chi connectivity index (χ2v) is 4.00. The van der Waals surface area contributed by atoms with Crippen LogP contribution in [0.5, 0.6) is 17.2 Å². The number of carbonyl (C=O) groups is 1. The molecule has 0 saturated heterocycles. The fraction of sp³-hybridized carbons (Fsp3) is 0.533. The summed E-state index contributed by atoms with van der Waals surface area (Å²) in [5, 5.41) is 11.3. The third-order valence-electron chi connectivity index (χ3n) is 2.76. The molecule has 0 heterocycles. The summed E-state index contributed by atoms with van der Waals surface area (Å²) in [7, 11) is 0. The van der Waals surface area contributed by atoms with Crippen molar-refractivity contribution >= 4 is 5.97 Å². The molecular weight excluding hydrogens is 283 g/mol. The summed E-state index contributed by atoms with van der Waals surface area (Å²) in [6, 6.07) is 1.45. The van der Waals surface area contributed by atoms with Crippen molar-refractivity contribution in [3.63, 3.8) is 0 Å². The van der Waals surface area contributed by atoms with Gasteiger partial charge in [0.1, 0.15) is 0 Å². The molecule has 0 aromatic heterocycles. The second kappa shape index (κ2) is 9.92. The topological polar surface area (TPSA) is 67.8 Å². The van der Waals surface area contributed by atoms with Gasteiger partial charge >= 0.3 is 29.6 Å². The molecule has 0 fully saturated rings. The van der Waals surface area contributed by atoms with E-state index >= 15 is 0 Å². The van der Waals surface area contributed by atoms with Crippen molar-refractivity contribution < 1.29 is 53.7 Å². The number of benzene rings is 1. The summed E-state index contributed by atoms with van der Waals surface area (Å²) in [6.45, 7) is 8.63. The minimum atomic E-state index is -1.24. The SMILES string of the molecule is CCOc1cc(C(=O)[O-])c(CC)c(OCC)c1OCC.[Na+]. The van der Waals surface area contributed by atoms with Crippen LogP contribution < -0.4 is 48.9 Å². The molecule has 1 aromatic carbocycles. The first-order valence-electron chi connectivity index (χ1n) is 6.90. The average molecular weight is 304 g/mol. The monoisotopic (exact) mass is 304 g/mol. The van der Waals surface area contributed by atoms with Crippen LogP contribution in [-0.4, -0.2) is 25.8 Å². The zero-order valence-electron chi connectivity index (χ0n) is 13.4. The van der Waals surface area contributed by atoms with Crippen LogP contribution in [0.1, 0.15) is 43.6 Å². The van der Waals surface area contributed by atoms with Gasteiger partial charge < -0.3 is 24.1 Å². The first-order chi connectivity index (χ1) is 9.60. The van der Waals surface area contributed by atoms with Gasteiger partial charge in [0.15, 0.2) is 11.5 Å². The third kappa shape index (κ3) is 4.80. The van der Waals surface area contributed by atoms with Crippen molar-refractivity contribution in [1.29, 1.82) is 0 Å². The molecule has 0 amide bonds. The summed E-state index contributed by atoms with van der Waals surface area (Å²) in [6.07, 6.45) is 0.505. The van der Waals surface area contributed by atoms with E-state index in [1.54, 1.807) is 0 Å². The molecule has 1 rings (SSSR count). The Hall–Kier alpha value is -0.910. The number of hydrogen-bond acceptors (Lipinski definition) is 5. The maximum Gasteiger partial charge on any atom is 1.00 e. The summed E-state index contributed by atoms with van der Waals surface area (Å²) >= 11 is 0. The Balaban J connectivity index is 0.00000400. The van der Waals surface area contributed by atoms with E-state index in [4.69, 9.17) is 14.2 Å². The van der Waals surface area contributed by atoms with Crippen LogP contribution in [0.25, 0.3) is 0 Å². The molecule has 112 valence electrons. The van der Waals surface area contributed by atoms with Gasteiger partial charge in [-0.05, 0) is 33.3 Å². The van der Waals surface area contributed by atoms with E-state index in [1.165, 1.54) is 6.07 Å². The Labute approximate surface area is 147 Å². The number of aromatic carboxylic acids is 1. The van der Waals surface area contributed by atoms with Crippen LogP contribution in [-0.2, 0) is 6.42 Å². The molecule has 6 heteroatoms. The van der Waals surface area contributed by atoms with Gasteiger partial charge in [-0.25, -0.2) is 0 Å². The van der Waals surface area contributed by atoms with Crippen molar-refractivity contribution in [2.45, 2.75) is 34.1 Å². The van der Waals surface area contributed by atoms with Crippen molar-refractivity contribution in [3.05, 3.63) is 17.2 Å². The van der Waals surface area contributed by atoms with Gasteiger partial charge in [-0.1, -0.05) is 6.92 Å². The quantitative estimate of drug-likeness (QED) is 0.565. The number of carboxylic acid groups (broad SMARTS) is 1. The van der Waals surface area contributed by atoms with Gasteiger partial charge in [0.2, 0.25) is 5.75 Å². The van der Waals surface area contributed by atoms with Crippen LogP contribution in [0.2, 0.25) is 0 Å². The maximum atomic E-state index is 11.3. The van der Waals surface area contributed by atoms with Crippen LogP contribution in [0.4, 0.5) is 0 Å². The standard InChI is InChI=1S/C15H22O5.Na/c1-5-10-11(15(16)17)9-12(18-6-2)14(20-8-4)13(10)19-7-3;/h9H,5-8H2,1-4H3,(H,16,17);/q;+1/p-1. The molecule has 21 heavy (non-hydrogen) atoms. The predicted molar refractivity (Wildman–Crippen MR) is 73.7 cm³/mol. The molecule has 0 radical (unpaired) electrons. The van der Waals surface area contributed by atoms with Crippen molar-refractivity contribution in [2.24, 2.45) is 0 Å². The van der Waals surface area contributed by atoms with E-state index in [2.05, 4.69) is 0 Å². The van der Waals surface area contributed by atoms with E-state index in [0.717, 1.165) is 0 Å². The van der Waals surface area contributed by atoms with Crippen LogP contribution in [0, 0.1) is 0 Å². The molecule has 0 spiro atoms. The van der Waals surface area contributed by atoms with Crippen molar-refractivity contribution in [1.82, 2.24) is 0 Å². The van der Waals surface area contributed by atoms with Crippen LogP contribution >= 0.6 is 0 Å². The smallest absolute Gasteiger partial charge is 0.545 e. The van der Waals surface area contributed by atoms with Crippen molar-refractivity contribution in [2.75, 3.05) is 19.8 Å². The number of carboxylic acids is 1. The summed E-state index contributed by atoms with van der Waals surface area (Å²) in [5.74, 6) is 0.0149. The zero-order valence-corrected chi connectivity index (χ0v) is 15.4. The number of rotatable bonds is 8. The fourth-order valence-corrected chi connectivity index (χ4v) is 2.03. The number of carbonyl (C=O) groups excluding carboxylic acids is 1. The molecule has 0 unspecified atom stereocenters. The molecule has 0 aliphatic heterocycles. The first kappa shape index (κ1) is 20.1. The summed E-state index contributed by atoms with van der Waals surface area (Å²) in [5.41, 5.74) is 0.654. The molecule has 5 nitrogen and oxygen atoms in total. The van der Waals surface area contributed by atoms with E-state index in [1.807, 2.05) is 27.7 Å². The summed E-state index contributed by atoms with van der Waals surface area (Å²) < 4.78 is 16.7. The zero-order chi connectivity index (χ0) is 15.1. The van der Waals surface area contributed by atoms with Gasteiger partial charge in [-0.15, -0.1) is 0 Å². The molecule has 0 atom stereocenters. The first-order valence-corrected chi connectivity index (χ1v) is 6.90. The van der Waals surface area contributed by atoms with Crippen LogP contribution in [0.3, 0.4) is 0 Å². The van der Waals surface area contributed by atoms with Crippen LogP contribution in [0.15, 0.2) is 6.07 Å². The van der Waals surface area contributed by atoms with Gasteiger partial charge in [-0.2, -0.15) is 0 Å². The molecule has 0 bridgehead atoms. The normalized spacial score (nSPS) is 9.71. The second-order valence-electron chi connectivity index (χ2n) is 4.00. The number of ether oxygens (including phenoxy) is 3.